The molecule has 0 aromatic rings. The van der Waals surface area contributed by atoms with Crippen LogP contribution in [0.15, 0.2) is 0 Å². The second-order valence-corrected chi connectivity index (χ2v) is 4.76. The maximum absolute atomic E-state index is 12.3. The topological polar surface area (TPSA) is 52.6 Å². The lowest BCUT2D eigenvalue weighted by molar-refractivity contribution is -0.148. The smallest absolute Gasteiger partial charge is 0.172 e. The molecule has 0 spiro atoms. The second kappa shape index (κ2) is 7.64. The highest BCUT2D eigenvalue weighted by atomic mass is 16.5. The van der Waals surface area contributed by atoms with Gasteiger partial charge in [0.15, 0.2) is 11.6 Å². The predicted molar refractivity (Wildman–Crippen MR) is 68.5 cm³/mol. The highest BCUT2D eigenvalue weighted by Crippen LogP contribution is 2.38. The van der Waals surface area contributed by atoms with Crippen LogP contribution in [0.4, 0.5) is 0 Å². The van der Waals surface area contributed by atoms with Gasteiger partial charge in [-0.2, -0.15) is 0 Å². The van der Waals surface area contributed by atoms with E-state index in [4.69, 9.17) is 9.47 Å². The second-order valence-electron chi connectivity index (χ2n) is 4.76. The molecule has 0 N–H and O–H groups in total. The van der Waals surface area contributed by atoms with Gasteiger partial charge in [-0.15, -0.1) is 0 Å². The maximum Gasteiger partial charge on any atom is 0.172 e. The Hall–Kier alpha value is -0.740. The minimum atomic E-state index is -0.831. The number of carbonyl (C=O) groups is 2. The van der Waals surface area contributed by atoms with Crippen molar-refractivity contribution in [1.82, 2.24) is 0 Å². The number of carbonyl (C=O) groups excluding carboxylic acids is 2. The molecule has 4 heteroatoms. The Morgan fingerprint density at radius 1 is 0.889 bits per heavy atom. The zero-order valence-electron chi connectivity index (χ0n) is 11.5. The molecule has 0 saturated heterocycles. The zero-order chi connectivity index (χ0) is 13.4. The van der Waals surface area contributed by atoms with Crippen molar-refractivity contribution in [2.75, 3.05) is 26.4 Å². The van der Waals surface area contributed by atoms with Crippen molar-refractivity contribution in [2.45, 2.75) is 46.0 Å². The van der Waals surface area contributed by atoms with E-state index in [0.717, 1.165) is 19.3 Å². The first-order valence-electron chi connectivity index (χ1n) is 6.89. The monoisotopic (exact) mass is 256 g/mol. The summed E-state index contributed by atoms with van der Waals surface area (Å²) in [6.45, 7) is 4.80. The average molecular weight is 256 g/mol. The van der Waals surface area contributed by atoms with Crippen LogP contribution in [-0.4, -0.2) is 38.0 Å². The van der Waals surface area contributed by atoms with E-state index in [-0.39, 0.29) is 24.8 Å². The quantitative estimate of drug-likeness (QED) is 0.624. The molecule has 0 radical (unpaired) electrons. The van der Waals surface area contributed by atoms with Gasteiger partial charge < -0.3 is 9.47 Å². The maximum atomic E-state index is 12.3. The fraction of sp³-hybridized carbons (Fsp3) is 0.857. The van der Waals surface area contributed by atoms with Crippen LogP contribution in [-0.2, 0) is 19.1 Å². The van der Waals surface area contributed by atoms with Gasteiger partial charge in [0.2, 0.25) is 0 Å². The summed E-state index contributed by atoms with van der Waals surface area (Å²) in [6, 6.07) is 0. The van der Waals surface area contributed by atoms with Crippen LogP contribution in [0.1, 0.15) is 46.0 Å². The first-order valence-corrected chi connectivity index (χ1v) is 6.89. The minimum Gasteiger partial charge on any atom is -0.374 e. The summed E-state index contributed by atoms with van der Waals surface area (Å²) in [5, 5.41) is 0. The van der Waals surface area contributed by atoms with Gasteiger partial charge in [-0.25, -0.2) is 0 Å². The van der Waals surface area contributed by atoms with E-state index < -0.39 is 5.41 Å². The number of rotatable bonds is 8. The van der Waals surface area contributed by atoms with E-state index in [1.807, 2.05) is 13.8 Å². The van der Waals surface area contributed by atoms with Gasteiger partial charge in [0.1, 0.15) is 13.2 Å². The van der Waals surface area contributed by atoms with Crippen molar-refractivity contribution in [3.05, 3.63) is 0 Å². The Balaban J connectivity index is 2.73. The van der Waals surface area contributed by atoms with Crippen molar-refractivity contribution in [2.24, 2.45) is 5.41 Å². The molecule has 1 saturated carbocycles. The summed E-state index contributed by atoms with van der Waals surface area (Å²) in [5.74, 6) is -0.123. The van der Waals surface area contributed by atoms with Gasteiger partial charge in [0.25, 0.3) is 0 Å². The van der Waals surface area contributed by atoms with Gasteiger partial charge >= 0.3 is 0 Å². The summed E-state index contributed by atoms with van der Waals surface area (Å²) in [4.78, 5) is 24.6. The van der Waals surface area contributed by atoms with Gasteiger partial charge in [-0.1, -0.05) is 19.3 Å². The van der Waals surface area contributed by atoms with E-state index >= 15 is 0 Å². The molecular formula is C14H24O4. The lowest BCUT2D eigenvalue weighted by Crippen LogP contribution is -2.45. The molecule has 1 rings (SSSR count). The highest BCUT2D eigenvalue weighted by Gasteiger charge is 2.45. The number of ether oxygens (including phenoxy) is 2. The summed E-state index contributed by atoms with van der Waals surface area (Å²) in [6.07, 6.45) is 4.30. The van der Waals surface area contributed by atoms with E-state index in [2.05, 4.69) is 0 Å². The van der Waals surface area contributed by atoms with E-state index in [9.17, 15) is 9.59 Å². The Morgan fingerprint density at radius 2 is 1.33 bits per heavy atom. The molecule has 0 unspecified atom stereocenters. The molecule has 0 atom stereocenters. The first kappa shape index (κ1) is 15.3. The van der Waals surface area contributed by atoms with Gasteiger partial charge in [-0.3, -0.25) is 9.59 Å². The summed E-state index contributed by atoms with van der Waals surface area (Å²) >= 11 is 0. The van der Waals surface area contributed by atoms with Gasteiger partial charge in [0.05, 0.1) is 5.41 Å². The molecule has 18 heavy (non-hydrogen) atoms. The fourth-order valence-electron chi connectivity index (χ4n) is 2.53. The summed E-state index contributed by atoms with van der Waals surface area (Å²) < 4.78 is 10.4. The third-order valence-corrected chi connectivity index (χ3v) is 3.65. The minimum absolute atomic E-state index is 0.0500. The largest absolute Gasteiger partial charge is 0.374 e. The molecule has 0 aromatic heterocycles. The molecule has 1 aliphatic rings. The third-order valence-electron chi connectivity index (χ3n) is 3.65. The number of hydrogen-bond acceptors (Lipinski definition) is 4. The van der Waals surface area contributed by atoms with E-state index in [1.54, 1.807) is 0 Å². The number of hydrogen-bond donors (Lipinski definition) is 0. The molecule has 0 aliphatic heterocycles. The van der Waals surface area contributed by atoms with Crippen molar-refractivity contribution in [3.8, 4) is 0 Å². The molecule has 0 bridgehead atoms. The van der Waals surface area contributed by atoms with Crippen molar-refractivity contribution >= 4 is 11.6 Å². The molecule has 104 valence electrons. The Kier molecular flexibility index (Phi) is 6.50. The van der Waals surface area contributed by atoms with Crippen molar-refractivity contribution < 1.29 is 19.1 Å². The molecule has 1 fully saturated rings. The highest BCUT2D eigenvalue weighted by molar-refractivity contribution is 6.08. The third kappa shape index (κ3) is 3.62. The number of Topliss-reactive ketones (excluding diaryl/α,β-unsaturated/α-hetero) is 2. The Bertz CT molecular complexity index is 258. The summed E-state index contributed by atoms with van der Waals surface area (Å²) in [5.41, 5.74) is -0.831. The van der Waals surface area contributed by atoms with Crippen LogP contribution in [0, 0.1) is 5.41 Å². The normalized spacial score (nSPS) is 18.6. The zero-order valence-corrected chi connectivity index (χ0v) is 11.5. The van der Waals surface area contributed by atoms with E-state index in [1.165, 1.54) is 0 Å². The number of ketones is 2. The fourth-order valence-corrected chi connectivity index (χ4v) is 2.53. The van der Waals surface area contributed by atoms with Crippen LogP contribution in [0.5, 0.6) is 0 Å². The Labute approximate surface area is 109 Å². The molecule has 4 nitrogen and oxygen atoms in total. The van der Waals surface area contributed by atoms with Crippen LogP contribution in [0.25, 0.3) is 0 Å². The molecule has 0 amide bonds. The Morgan fingerprint density at radius 3 is 1.72 bits per heavy atom. The average Bonchev–Trinajstić information content (AvgIpc) is 2.42. The van der Waals surface area contributed by atoms with Crippen LogP contribution in [0.3, 0.4) is 0 Å². The van der Waals surface area contributed by atoms with Gasteiger partial charge in [0, 0.05) is 13.2 Å². The van der Waals surface area contributed by atoms with Crippen molar-refractivity contribution in [3.63, 3.8) is 0 Å². The lowest BCUT2D eigenvalue weighted by atomic mass is 9.68. The van der Waals surface area contributed by atoms with E-state index in [0.29, 0.717) is 26.1 Å². The van der Waals surface area contributed by atoms with Crippen molar-refractivity contribution in [1.29, 1.82) is 0 Å². The lowest BCUT2D eigenvalue weighted by Gasteiger charge is -2.34. The molecule has 0 heterocycles. The molecule has 0 aromatic carbocycles. The first-order chi connectivity index (χ1) is 8.67. The SMILES string of the molecule is CCOCC(=O)C1(C(=O)COCC)CCCCC1. The van der Waals surface area contributed by atoms with Gasteiger partial charge in [-0.05, 0) is 26.7 Å². The summed E-state index contributed by atoms with van der Waals surface area (Å²) in [7, 11) is 0. The standard InChI is InChI=1S/C14H24O4/c1-3-17-10-12(15)14(8-6-5-7-9-14)13(16)11-18-4-2/h3-11H2,1-2H3. The van der Waals surface area contributed by atoms with Crippen LogP contribution < -0.4 is 0 Å². The predicted octanol–water partition coefficient (Wildman–Crippen LogP) is 2.15. The molecule has 1 aliphatic carbocycles. The van der Waals surface area contributed by atoms with Crippen LogP contribution >= 0.6 is 0 Å². The van der Waals surface area contributed by atoms with Crippen LogP contribution in [0.2, 0.25) is 0 Å². The molecular weight excluding hydrogens is 232 g/mol.